The molecule has 188 valence electrons. The van der Waals surface area contributed by atoms with Gasteiger partial charge in [0.2, 0.25) is 17.6 Å². The highest BCUT2D eigenvalue weighted by Gasteiger charge is 2.36. The van der Waals surface area contributed by atoms with Gasteiger partial charge in [0.15, 0.2) is 5.92 Å². The van der Waals surface area contributed by atoms with Crippen LogP contribution >= 0.6 is 11.8 Å². The molecule has 4 N–H and O–H groups in total. The molecule has 2 heterocycles. The molecule has 9 nitrogen and oxygen atoms in total. The van der Waals surface area contributed by atoms with Crippen LogP contribution < -0.4 is 16.4 Å². The van der Waals surface area contributed by atoms with Gasteiger partial charge in [0.05, 0.1) is 29.7 Å². The van der Waals surface area contributed by atoms with Crippen molar-refractivity contribution in [1.82, 2.24) is 9.78 Å². The maximum atomic E-state index is 13.6. The summed E-state index contributed by atoms with van der Waals surface area (Å²) in [5.74, 6) is -2.95. The minimum absolute atomic E-state index is 0.0631. The van der Waals surface area contributed by atoms with Gasteiger partial charge in [-0.05, 0) is 30.3 Å². The van der Waals surface area contributed by atoms with Crippen molar-refractivity contribution in [2.75, 3.05) is 17.2 Å². The molecule has 4 aromatic rings. The smallest absolute Gasteiger partial charge is 0.249 e. The lowest BCUT2D eigenvalue weighted by Gasteiger charge is -2.21. The number of Topliss-reactive ketones (excluding diaryl/α,β-unsaturated/α-hetero) is 1. The second-order valence-electron chi connectivity index (χ2n) is 8.43. The standard InChI is InChI=1S/C28H22N6O3S/c29-14-20(28(37)31-17-8-3-1-4-9-17)26(36)24-21-16-38-27-19(12-7-13-22(27)32-23(35)15-30)25(21)34(33-24)18-10-5-2-6-11-18/h1-13,20H,15-16,30H2,(H,31,37)(H,32,35). The van der Waals surface area contributed by atoms with Gasteiger partial charge in [-0.3, -0.25) is 14.4 Å². The molecule has 2 amide bonds. The highest BCUT2D eigenvalue weighted by Crippen LogP contribution is 2.47. The zero-order valence-corrected chi connectivity index (χ0v) is 20.9. The summed E-state index contributed by atoms with van der Waals surface area (Å²) in [6.45, 7) is -0.152. The highest BCUT2D eigenvalue weighted by molar-refractivity contribution is 7.99. The highest BCUT2D eigenvalue weighted by atomic mass is 32.2. The second kappa shape index (κ2) is 10.7. The number of anilines is 2. The Morgan fingerprint density at radius 3 is 2.39 bits per heavy atom. The maximum Gasteiger partial charge on any atom is 0.249 e. The average Bonchev–Trinajstić information content (AvgIpc) is 3.35. The van der Waals surface area contributed by atoms with Crippen LogP contribution in [0.2, 0.25) is 0 Å². The van der Waals surface area contributed by atoms with Crippen molar-refractivity contribution >= 4 is 40.7 Å². The van der Waals surface area contributed by atoms with E-state index in [-0.39, 0.29) is 18.1 Å². The van der Waals surface area contributed by atoms with Crippen LogP contribution in [0.4, 0.5) is 11.4 Å². The summed E-state index contributed by atoms with van der Waals surface area (Å²) in [5.41, 5.74) is 9.41. The van der Waals surface area contributed by atoms with Crippen molar-refractivity contribution in [2.24, 2.45) is 11.7 Å². The summed E-state index contributed by atoms with van der Waals surface area (Å²) in [4.78, 5) is 39.4. The largest absolute Gasteiger partial charge is 0.325 e. The van der Waals surface area contributed by atoms with Gasteiger partial charge in [-0.15, -0.1) is 11.8 Å². The zero-order valence-electron chi connectivity index (χ0n) is 20.0. The Bertz CT molecular complexity index is 1580. The van der Waals surface area contributed by atoms with Crippen LogP contribution in [-0.2, 0) is 15.3 Å². The molecular formula is C28H22N6O3S. The number of para-hydroxylation sites is 2. The topological polar surface area (TPSA) is 143 Å². The molecule has 1 unspecified atom stereocenters. The molecule has 38 heavy (non-hydrogen) atoms. The Hall–Kier alpha value is -4.72. The van der Waals surface area contributed by atoms with Crippen LogP contribution in [-0.4, -0.2) is 33.9 Å². The molecule has 3 aromatic carbocycles. The van der Waals surface area contributed by atoms with Crippen LogP contribution in [0, 0.1) is 17.2 Å². The molecule has 5 rings (SSSR count). The van der Waals surface area contributed by atoms with Crippen LogP contribution in [0.3, 0.4) is 0 Å². The van der Waals surface area contributed by atoms with Gasteiger partial charge in [-0.25, -0.2) is 4.68 Å². The molecule has 1 aliphatic heterocycles. The number of carbonyl (C=O) groups is 3. The van der Waals surface area contributed by atoms with E-state index in [0.29, 0.717) is 34.1 Å². The predicted molar refractivity (Wildman–Crippen MR) is 145 cm³/mol. The van der Waals surface area contributed by atoms with Crippen molar-refractivity contribution in [1.29, 1.82) is 5.26 Å². The van der Waals surface area contributed by atoms with Crippen molar-refractivity contribution < 1.29 is 14.4 Å². The van der Waals surface area contributed by atoms with E-state index >= 15 is 0 Å². The number of nitrogens with one attached hydrogen (secondary N) is 2. The molecule has 0 fully saturated rings. The molecule has 1 aromatic heterocycles. The molecule has 10 heteroatoms. The first-order valence-corrected chi connectivity index (χ1v) is 12.7. The van der Waals surface area contributed by atoms with E-state index in [1.165, 1.54) is 11.8 Å². The molecular weight excluding hydrogens is 500 g/mol. The van der Waals surface area contributed by atoms with Gasteiger partial charge >= 0.3 is 0 Å². The summed E-state index contributed by atoms with van der Waals surface area (Å²) >= 11 is 1.44. The summed E-state index contributed by atoms with van der Waals surface area (Å²) in [5, 5.41) is 19.9. The van der Waals surface area contributed by atoms with E-state index in [1.54, 1.807) is 47.1 Å². The van der Waals surface area contributed by atoms with Crippen LogP contribution in [0.1, 0.15) is 16.1 Å². The van der Waals surface area contributed by atoms with Crippen LogP contribution in [0.5, 0.6) is 0 Å². The first kappa shape index (κ1) is 25.0. The number of ketones is 1. The second-order valence-corrected chi connectivity index (χ2v) is 9.41. The fourth-order valence-electron chi connectivity index (χ4n) is 4.25. The van der Waals surface area contributed by atoms with Crippen molar-refractivity contribution in [2.45, 2.75) is 10.6 Å². The average molecular weight is 523 g/mol. The first-order valence-electron chi connectivity index (χ1n) is 11.7. The number of nitrogens with zero attached hydrogens (tertiary/aromatic N) is 3. The minimum atomic E-state index is -1.58. The summed E-state index contributed by atoms with van der Waals surface area (Å²) in [7, 11) is 0. The van der Waals surface area contributed by atoms with Crippen molar-refractivity contribution in [3.63, 3.8) is 0 Å². The molecule has 0 aliphatic carbocycles. The number of amides is 2. The molecule has 0 bridgehead atoms. The lowest BCUT2D eigenvalue weighted by Crippen LogP contribution is -2.29. The first-order chi connectivity index (χ1) is 18.5. The van der Waals surface area contributed by atoms with Gasteiger partial charge in [0.1, 0.15) is 5.69 Å². The number of nitriles is 1. The van der Waals surface area contributed by atoms with Gasteiger partial charge in [-0.1, -0.05) is 48.5 Å². The summed E-state index contributed by atoms with van der Waals surface area (Å²) in [6, 6.07) is 25.3. The molecule has 0 saturated carbocycles. The lowest BCUT2D eigenvalue weighted by atomic mass is 9.97. The number of benzene rings is 3. The number of aromatic nitrogens is 2. The van der Waals surface area contributed by atoms with E-state index < -0.39 is 17.6 Å². The fraction of sp³-hybridized carbons (Fsp3) is 0.107. The van der Waals surface area contributed by atoms with E-state index in [4.69, 9.17) is 5.73 Å². The third kappa shape index (κ3) is 4.68. The quantitative estimate of drug-likeness (QED) is 0.246. The Labute approximate surface area is 222 Å². The molecule has 0 spiro atoms. The van der Waals surface area contributed by atoms with Gasteiger partial charge in [0.25, 0.3) is 0 Å². The monoisotopic (exact) mass is 522 g/mol. The van der Waals surface area contributed by atoms with Crippen molar-refractivity contribution in [3.05, 3.63) is 90.1 Å². The van der Waals surface area contributed by atoms with E-state index in [1.807, 2.05) is 42.5 Å². The Kier molecular flexibility index (Phi) is 7.04. The number of fused-ring (bicyclic) bond motifs is 3. The number of hydrogen-bond donors (Lipinski definition) is 3. The third-order valence-electron chi connectivity index (χ3n) is 6.00. The maximum absolute atomic E-state index is 13.6. The van der Waals surface area contributed by atoms with E-state index in [9.17, 15) is 19.6 Å². The lowest BCUT2D eigenvalue weighted by molar-refractivity contribution is -0.117. The summed E-state index contributed by atoms with van der Waals surface area (Å²) in [6.07, 6.45) is 0. The Balaban J connectivity index is 1.60. The third-order valence-corrected chi connectivity index (χ3v) is 7.16. The molecule has 0 radical (unpaired) electrons. The fourth-order valence-corrected chi connectivity index (χ4v) is 5.41. The number of thioether (sulfide) groups is 1. The number of nitrogens with two attached hydrogens (primary N) is 1. The van der Waals surface area contributed by atoms with E-state index in [0.717, 1.165) is 10.5 Å². The van der Waals surface area contributed by atoms with Crippen molar-refractivity contribution in [3.8, 4) is 23.0 Å². The predicted octanol–water partition coefficient (Wildman–Crippen LogP) is 4.00. The summed E-state index contributed by atoms with van der Waals surface area (Å²) < 4.78 is 1.65. The Morgan fingerprint density at radius 2 is 1.71 bits per heavy atom. The van der Waals surface area contributed by atoms with Crippen LogP contribution in [0.15, 0.2) is 83.8 Å². The number of carbonyl (C=O) groups excluding carboxylic acids is 3. The zero-order chi connectivity index (χ0) is 26.6. The van der Waals surface area contributed by atoms with Gasteiger partial charge < -0.3 is 16.4 Å². The normalized spacial score (nSPS) is 12.4. The van der Waals surface area contributed by atoms with Gasteiger partial charge in [0, 0.05) is 27.5 Å². The number of rotatable bonds is 7. The molecule has 1 aliphatic rings. The number of hydrogen-bond acceptors (Lipinski definition) is 7. The van der Waals surface area contributed by atoms with Gasteiger partial charge in [-0.2, -0.15) is 10.4 Å². The van der Waals surface area contributed by atoms with E-state index in [2.05, 4.69) is 15.7 Å². The molecule has 1 atom stereocenters. The Morgan fingerprint density at radius 1 is 1.00 bits per heavy atom. The van der Waals surface area contributed by atoms with Crippen LogP contribution in [0.25, 0.3) is 16.9 Å². The SMILES string of the molecule is N#CC(C(=O)Nc1ccccc1)C(=O)c1nn(-c2ccccc2)c2c1CSc1c(NC(=O)CN)cccc1-2. The minimum Gasteiger partial charge on any atom is -0.325 e. The molecule has 0 saturated heterocycles.